The average molecular weight is 290 g/mol. The van der Waals surface area contributed by atoms with Gasteiger partial charge in [-0.3, -0.25) is 0 Å². The molecule has 0 radical (unpaired) electrons. The molecule has 0 aliphatic carbocycles. The highest BCUT2D eigenvalue weighted by Gasteiger charge is 2.26. The van der Waals surface area contributed by atoms with E-state index in [0.717, 1.165) is 65.0 Å². The van der Waals surface area contributed by atoms with E-state index in [1.165, 1.54) is 0 Å². The molecule has 2 fully saturated rings. The Labute approximate surface area is 122 Å². The van der Waals surface area contributed by atoms with Crippen molar-refractivity contribution in [3.8, 4) is 0 Å². The first-order valence-corrected chi connectivity index (χ1v) is 7.86. The van der Waals surface area contributed by atoms with Crippen molar-refractivity contribution in [1.29, 1.82) is 0 Å². The van der Waals surface area contributed by atoms with Gasteiger partial charge in [-0.2, -0.15) is 0 Å². The molecule has 3 atom stereocenters. The van der Waals surface area contributed by atoms with Crippen LogP contribution in [-0.4, -0.2) is 61.6 Å². The molecule has 2 aliphatic heterocycles. The third-order valence-electron chi connectivity index (χ3n) is 3.23. The third kappa shape index (κ3) is 11.6. The standard InChI is InChI=1S/C9H20O2.C6H10O3/c1-2-6-9(11)7-4-3-5-8-10;1(5-3-8-5)7-2-6-4-9-6/h9-11H,2-8H2,1H3;5-6H,1-4H2. The van der Waals surface area contributed by atoms with Crippen LogP contribution < -0.4 is 0 Å². The van der Waals surface area contributed by atoms with Crippen LogP contribution in [0.4, 0.5) is 0 Å². The average Bonchev–Trinajstić information content (AvgIpc) is 3.30. The lowest BCUT2D eigenvalue weighted by molar-refractivity contribution is 0.102. The van der Waals surface area contributed by atoms with Crippen LogP contribution in [0.3, 0.4) is 0 Å². The molecule has 0 bridgehead atoms. The molecule has 0 amide bonds. The number of unbranched alkanes of at least 4 members (excludes halogenated alkanes) is 2. The van der Waals surface area contributed by atoms with E-state index in [2.05, 4.69) is 6.92 Å². The van der Waals surface area contributed by atoms with Crippen molar-refractivity contribution in [3.05, 3.63) is 0 Å². The smallest absolute Gasteiger partial charge is 0.104 e. The lowest BCUT2D eigenvalue weighted by Gasteiger charge is -2.07. The summed E-state index contributed by atoms with van der Waals surface area (Å²) in [7, 11) is 0. The maximum atomic E-state index is 9.29. The zero-order valence-corrected chi connectivity index (χ0v) is 12.6. The molecule has 2 saturated heterocycles. The molecule has 3 unspecified atom stereocenters. The van der Waals surface area contributed by atoms with E-state index >= 15 is 0 Å². The first kappa shape index (κ1) is 17.9. The summed E-state index contributed by atoms with van der Waals surface area (Å²) in [6, 6.07) is 0. The van der Waals surface area contributed by atoms with Crippen molar-refractivity contribution in [2.45, 2.75) is 63.8 Å². The van der Waals surface area contributed by atoms with Crippen LogP contribution >= 0.6 is 0 Å². The van der Waals surface area contributed by atoms with E-state index in [9.17, 15) is 5.11 Å². The fraction of sp³-hybridized carbons (Fsp3) is 1.00. The van der Waals surface area contributed by atoms with Gasteiger partial charge in [0.1, 0.15) is 12.2 Å². The van der Waals surface area contributed by atoms with Crippen LogP contribution in [-0.2, 0) is 14.2 Å². The third-order valence-corrected chi connectivity index (χ3v) is 3.23. The molecular formula is C15H30O5. The molecule has 0 saturated carbocycles. The van der Waals surface area contributed by atoms with Crippen molar-refractivity contribution in [1.82, 2.24) is 0 Å². The maximum absolute atomic E-state index is 9.29. The molecule has 120 valence electrons. The quantitative estimate of drug-likeness (QED) is 0.445. The minimum Gasteiger partial charge on any atom is -0.396 e. The predicted octanol–water partition coefficient (Wildman–Crippen LogP) is 1.50. The number of hydrogen-bond donors (Lipinski definition) is 2. The zero-order valence-electron chi connectivity index (χ0n) is 12.6. The molecule has 2 N–H and O–H groups in total. The largest absolute Gasteiger partial charge is 0.396 e. The van der Waals surface area contributed by atoms with Crippen molar-refractivity contribution < 1.29 is 24.4 Å². The number of rotatable bonds is 11. The van der Waals surface area contributed by atoms with Gasteiger partial charge in [-0.05, 0) is 19.3 Å². The predicted molar refractivity (Wildman–Crippen MR) is 76.8 cm³/mol. The summed E-state index contributed by atoms with van der Waals surface area (Å²) in [5.41, 5.74) is 0. The molecule has 0 aromatic rings. The number of aliphatic hydroxyl groups excluding tert-OH is 2. The zero-order chi connectivity index (χ0) is 14.6. The number of ether oxygens (including phenoxy) is 3. The van der Waals surface area contributed by atoms with Gasteiger partial charge in [-0.1, -0.05) is 26.2 Å². The summed E-state index contributed by atoms with van der Waals surface area (Å²) in [5, 5.41) is 17.8. The molecular weight excluding hydrogens is 260 g/mol. The van der Waals surface area contributed by atoms with Gasteiger partial charge in [0.2, 0.25) is 0 Å². The lowest BCUT2D eigenvalue weighted by atomic mass is 10.1. The second-order valence-electron chi connectivity index (χ2n) is 5.46. The van der Waals surface area contributed by atoms with E-state index in [1.54, 1.807) is 0 Å². The minimum atomic E-state index is -0.112. The highest BCUT2D eigenvalue weighted by Crippen LogP contribution is 2.12. The highest BCUT2D eigenvalue weighted by atomic mass is 16.6. The van der Waals surface area contributed by atoms with Gasteiger partial charge >= 0.3 is 0 Å². The summed E-state index contributed by atoms with van der Waals surface area (Å²) in [6.45, 7) is 5.62. The fourth-order valence-corrected chi connectivity index (χ4v) is 1.81. The van der Waals surface area contributed by atoms with Gasteiger partial charge in [0.25, 0.3) is 0 Å². The second-order valence-corrected chi connectivity index (χ2v) is 5.46. The van der Waals surface area contributed by atoms with Crippen molar-refractivity contribution in [2.75, 3.05) is 33.0 Å². The van der Waals surface area contributed by atoms with Gasteiger partial charge in [0.15, 0.2) is 0 Å². The Balaban J connectivity index is 0.000000202. The van der Waals surface area contributed by atoms with Gasteiger partial charge in [-0.15, -0.1) is 0 Å². The van der Waals surface area contributed by atoms with Crippen molar-refractivity contribution >= 4 is 0 Å². The molecule has 2 heterocycles. The van der Waals surface area contributed by atoms with E-state index in [4.69, 9.17) is 19.3 Å². The van der Waals surface area contributed by atoms with Crippen molar-refractivity contribution in [2.24, 2.45) is 0 Å². The minimum absolute atomic E-state index is 0.112. The van der Waals surface area contributed by atoms with Gasteiger partial charge in [0.05, 0.1) is 32.5 Å². The van der Waals surface area contributed by atoms with Crippen LogP contribution in [0, 0.1) is 0 Å². The van der Waals surface area contributed by atoms with E-state index in [0.29, 0.717) is 12.2 Å². The van der Waals surface area contributed by atoms with Crippen LogP contribution in [0.15, 0.2) is 0 Å². The first-order valence-electron chi connectivity index (χ1n) is 7.86. The Kier molecular flexibility index (Phi) is 10.2. The Morgan fingerprint density at radius 1 is 1.05 bits per heavy atom. The number of epoxide rings is 2. The summed E-state index contributed by atoms with van der Waals surface area (Å²) in [5.74, 6) is 0. The van der Waals surface area contributed by atoms with Crippen LogP contribution in [0.25, 0.3) is 0 Å². The molecule has 2 aliphatic rings. The van der Waals surface area contributed by atoms with Gasteiger partial charge in [0, 0.05) is 6.61 Å². The Morgan fingerprint density at radius 2 is 1.65 bits per heavy atom. The van der Waals surface area contributed by atoms with E-state index in [1.807, 2.05) is 0 Å². The first-order chi connectivity index (χ1) is 9.76. The van der Waals surface area contributed by atoms with Gasteiger partial charge < -0.3 is 24.4 Å². The van der Waals surface area contributed by atoms with E-state index < -0.39 is 0 Å². The molecule has 0 aromatic heterocycles. The molecule has 2 rings (SSSR count). The summed E-state index contributed by atoms with van der Waals surface area (Å²) in [4.78, 5) is 0. The van der Waals surface area contributed by atoms with Crippen LogP contribution in [0.1, 0.15) is 45.4 Å². The summed E-state index contributed by atoms with van der Waals surface area (Å²) >= 11 is 0. The normalized spacial score (nSPS) is 24.8. The highest BCUT2D eigenvalue weighted by molar-refractivity contribution is 4.71. The van der Waals surface area contributed by atoms with E-state index in [-0.39, 0.29) is 12.7 Å². The molecule has 0 spiro atoms. The SMILES string of the molecule is C(OCC1CO1)C1CO1.CCCC(O)CCCCCO. The summed E-state index contributed by atoms with van der Waals surface area (Å²) in [6.07, 6.45) is 6.50. The second kappa shape index (κ2) is 11.5. The number of aliphatic hydroxyl groups is 2. The summed E-state index contributed by atoms with van der Waals surface area (Å²) < 4.78 is 15.1. The Bertz CT molecular complexity index is 204. The molecule has 0 aromatic carbocycles. The topological polar surface area (TPSA) is 74.8 Å². The molecule has 20 heavy (non-hydrogen) atoms. The van der Waals surface area contributed by atoms with Crippen LogP contribution in [0.5, 0.6) is 0 Å². The Morgan fingerprint density at radius 3 is 2.10 bits per heavy atom. The molecule has 5 nitrogen and oxygen atoms in total. The maximum Gasteiger partial charge on any atom is 0.104 e. The lowest BCUT2D eigenvalue weighted by Crippen LogP contribution is -2.06. The van der Waals surface area contributed by atoms with Crippen LogP contribution in [0.2, 0.25) is 0 Å². The number of hydrogen-bond acceptors (Lipinski definition) is 5. The monoisotopic (exact) mass is 290 g/mol. The fourth-order valence-electron chi connectivity index (χ4n) is 1.81. The molecule has 5 heteroatoms. The van der Waals surface area contributed by atoms with Gasteiger partial charge in [-0.25, -0.2) is 0 Å². The van der Waals surface area contributed by atoms with Crippen molar-refractivity contribution in [3.63, 3.8) is 0 Å². The Hall–Kier alpha value is -0.200.